The number of amides is 2. The van der Waals surface area contributed by atoms with Crippen LogP contribution in [-0.4, -0.2) is 16.1 Å². The lowest BCUT2D eigenvalue weighted by atomic mass is 9.90. The van der Waals surface area contributed by atoms with Crippen molar-refractivity contribution in [3.8, 4) is 11.8 Å². The third-order valence-electron chi connectivity index (χ3n) is 4.37. The van der Waals surface area contributed by atoms with Gasteiger partial charge in [0.1, 0.15) is 5.76 Å². The zero-order chi connectivity index (χ0) is 17.2. The van der Waals surface area contributed by atoms with Gasteiger partial charge in [-0.1, -0.05) is 31.1 Å². The van der Waals surface area contributed by atoms with Crippen LogP contribution in [0, 0.1) is 17.8 Å². The number of hydrogen-bond acceptors (Lipinski definition) is 5. The van der Waals surface area contributed by atoms with Crippen LogP contribution in [0.1, 0.15) is 43.4 Å². The molecule has 3 heterocycles. The van der Waals surface area contributed by atoms with Gasteiger partial charge in [-0.2, -0.15) is 0 Å². The zero-order valence-electron chi connectivity index (χ0n) is 13.5. The SMILES string of the molecule is O=C1NC(=O)/C(=C/c2cc3cncc(C#CC4CCCCC4)c3o2)S1. The van der Waals surface area contributed by atoms with Gasteiger partial charge in [0.2, 0.25) is 0 Å². The average Bonchev–Trinajstić information content (AvgIpc) is 3.16. The molecular weight excluding hydrogens is 336 g/mol. The van der Waals surface area contributed by atoms with Crippen molar-refractivity contribution in [3.05, 3.63) is 34.7 Å². The maximum Gasteiger partial charge on any atom is 0.290 e. The Morgan fingerprint density at radius 2 is 2.08 bits per heavy atom. The fourth-order valence-corrected chi connectivity index (χ4v) is 3.78. The minimum atomic E-state index is -0.397. The van der Waals surface area contributed by atoms with Crippen LogP contribution in [0.15, 0.2) is 27.8 Å². The van der Waals surface area contributed by atoms with E-state index < -0.39 is 5.91 Å². The first kappa shape index (κ1) is 16.0. The summed E-state index contributed by atoms with van der Waals surface area (Å²) in [6.45, 7) is 0. The van der Waals surface area contributed by atoms with Crippen molar-refractivity contribution < 1.29 is 14.0 Å². The van der Waals surface area contributed by atoms with E-state index in [-0.39, 0.29) is 5.24 Å². The number of fused-ring (bicyclic) bond motifs is 1. The minimum absolute atomic E-state index is 0.326. The molecule has 5 nitrogen and oxygen atoms in total. The monoisotopic (exact) mass is 352 g/mol. The van der Waals surface area contributed by atoms with Crippen molar-refractivity contribution in [3.63, 3.8) is 0 Å². The Morgan fingerprint density at radius 3 is 2.84 bits per heavy atom. The first-order chi connectivity index (χ1) is 12.2. The van der Waals surface area contributed by atoms with Crippen molar-refractivity contribution in [2.24, 2.45) is 5.92 Å². The molecule has 1 aliphatic carbocycles. The molecule has 6 heteroatoms. The summed E-state index contributed by atoms with van der Waals surface area (Å²) in [7, 11) is 0. The van der Waals surface area contributed by atoms with E-state index >= 15 is 0 Å². The molecule has 1 saturated carbocycles. The van der Waals surface area contributed by atoms with E-state index in [1.165, 1.54) is 19.3 Å². The molecule has 0 spiro atoms. The summed E-state index contributed by atoms with van der Waals surface area (Å²) in [6, 6.07) is 1.80. The van der Waals surface area contributed by atoms with E-state index in [1.54, 1.807) is 24.5 Å². The van der Waals surface area contributed by atoms with Gasteiger partial charge in [0.05, 0.1) is 10.5 Å². The molecule has 1 aliphatic heterocycles. The maximum atomic E-state index is 11.7. The van der Waals surface area contributed by atoms with Crippen molar-refractivity contribution in [1.29, 1.82) is 0 Å². The largest absolute Gasteiger partial charge is 0.455 e. The number of pyridine rings is 1. The molecule has 0 radical (unpaired) electrons. The highest BCUT2D eigenvalue weighted by Crippen LogP contribution is 2.29. The van der Waals surface area contributed by atoms with Gasteiger partial charge in [-0.15, -0.1) is 0 Å². The van der Waals surface area contributed by atoms with Crippen molar-refractivity contribution in [1.82, 2.24) is 10.3 Å². The van der Waals surface area contributed by atoms with Crippen molar-refractivity contribution in [2.75, 3.05) is 0 Å². The van der Waals surface area contributed by atoms with Crippen LogP contribution in [0.3, 0.4) is 0 Å². The molecule has 4 rings (SSSR count). The van der Waals surface area contributed by atoms with Gasteiger partial charge in [0.15, 0.2) is 5.58 Å². The van der Waals surface area contributed by atoms with Gasteiger partial charge in [0, 0.05) is 29.8 Å². The average molecular weight is 352 g/mol. The molecular formula is C19H16N2O3S. The number of thioether (sulfide) groups is 1. The number of furan rings is 1. The summed E-state index contributed by atoms with van der Waals surface area (Å²) in [5, 5.41) is 2.69. The smallest absolute Gasteiger partial charge is 0.290 e. The van der Waals surface area contributed by atoms with E-state index in [0.29, 0.717) is 22.2 Å². The van der Waals surface area contributed by atoms with E-state index in [4.69, 9.17) is 4.42 Å². The highest BCUT2D eigenvalue weighted by Gasteiger charge is 2.25. The molecule has 0 unspecified atom stereocenters. The normalized spacial score (nSPS) is 19.9. The quantitative estimate of drug-likeness (QED) is 0.618. The Morgan fingerprint density at radius 1 is 1.24 bits per heavy atom. The summed E-state index contributed by atoms with van der Waals surface area (Å²) in [6.07, 6.45) is 11.1. The standard InChI is InChI=1S/C19H16N2O3S/c22-18-16(25-19(23)21-18)9-15-8-14-11-20-10-13(17(14)24-15)7-6-12-4-2-1-3-5-12/h8-12H,1-5H2,(H,21,22,23)/b16-9-. The summed E-state index contributed by atoms with van der Waals surface area (Å²) in [5.74, 6) is 7.12. The number of nitrogens with zero attached hydrogens (tertiary/aromatic N) is 1. The van der Waals surface area contributed by atoms with Crippen LogP contribution < -0.4 is 5.32 Å². The van der Waals surface area contributed by atoms with Crippen LogP contribution in [0.4, 0.5) is 4.79 Å². The number of aromatic nitrogens is 1. The van der Waals surface area contributed by atoms with Gasteiger partial charge in [0.25, 0.3) is 11.1 Å². The topological polar surface area (TPSA) is 72.2 Å². The first-order valence-electron chi connectivity index (χ1n) is 8.33. The van der Waals surface area contributed by atoms with E-state index in [1.807, 2.05) is 0 Å². The Bertz CT molecular complexity index is 942. The second-order valence-electron chi connectivity index (χ2n) is 6.21. The molecule has 2 aliphatic rings. The molecule has 0 aromatic carbocycles. The molecule has 2 aromatic heterocycles. The van der Waals surface area contributed by atoms with Gasteiger partial charge >= 0.3 is 0 Å². The summed E-state index contributed by atoms with van der Waals surface area (Å²) in [5.41, 5.74) is 1.42. The predicted molar refractivity (Wildman–Crippen MR) is 96.6 cm³/mol. The Kier molecular flexibility index (Phi) is 4.33. The Labute approximate surface area is 149 Å². The number of hydrogen-bond donors (Lipinski definition) is 1. The maximum absolute atomic E-state index is 11.7. The first-order valence-corrected chi connectivity index (χ1v) is 9.14. The van der Waals surface area contributed by atoms with Gasteiger partial charge < -0.3 is 4.42 Å². The molecule has 2 amide bonds. The van der Waals surface area contributed by atoms with Crippen LogP contribution in [0.25, 0.3) is 17.0 Å². The highest BCUT2D eigenvalue weighted by molar-refractivity contribution is 8.18. The summed E-state index contributed by atoms with van der Waals surface area (Å²) >= 11 is 0.870. The molecule has 2 aromatic rings. The van der Waals surface area contributed by atoms with E-state index in [9.17, 15) is 9.59 Å². The van der Waals surface area contributed by atoms with Crippen LogP contribution in [-0.2, 0) is 4.79 Å². The fourth-order valence-electron chi connectivity index (χ4n) is 3.12. The summed E-state index contributed by atoms with van der Waals surface area (Å²) < 4.78 is 5.86. The number of imide groups is 1. The Balaban J connectivity index is 1.65. The number of carbonyl (C=O) groups is 2. The fraction of sp³-hybridized carbons (Fsp3) is 0.316. The second-order valence-corrected chi connectivity index (χ2v) is 7.23. The zero-order valence-corrected chi connectivity index (χ0v) is 14.3. The predicted octanol–water partition coefficient (Wildman–Crippen LogP) is 4.08. The lowest BCUT2D eigenvalue weighted by molar-refractivity contribution is -0.115. The third-order valence-corrected chi connectivity index (χ3v) is 5.18. The Hall–Kier alpha value is -2.52. The van der Waals surface area contributed by atoms with Gasteiger partial charge in [-0.05, 0) is 30.7 Å². The van der Waals surface area contributed by atoms with Crippen LogP contribution in [0.5, 0.6) is 0 Å². The molecule has 25 heavy (non-hydrogen) atoms. The van der Waals surface area contributed by atoms with Gasteiger partial charge in [-0.25, -0.2) is 0 Å². The van der Waals surface area contributed by atoms with Crippen LogP contribution >= 0.6 is 11.8 Å². The highest BCUT2D eigenvalue weighted by atomic mass is 32.2. The third kappa shape index (κ3) is 3.47. The number of nitrogens with one attached hydrogen (secondary N) is 1. The molecule has 0 bridgehead atoms. The van der Waals surface area contributed by atoms with Gasteiger partial charge in [-0.3, -0.25) is 19.9 Å². The van der Waals surface area contributed by atoms with Crippen molar-refractivity contribution in [2.45, 2.75) is 32.1 Å². The molecule has 1 saturated heterocycles. The van der Waals surface area contributed by atoms with E-state index in [2.05, 4.69) is 22.1 Å². The number of rotatable bonds is 1. The van der Waals surface area contributed by atoms with E-state index in [0.717, 1.165) is 35.6 Å². The van der Waals surface area contributed by atoms with Crippen LogP contribution in [0.2, 0.25) is 0 Å². The summed E-state index contributed by atoms with van der Waals surface area (Å²) in [4.78, 5) is 27.5. The molecule has 1 N–H and O–H groups in total. The van der Waals surface area contributed by atoms with Crippen molar-refractivity contribution >= 4 is 40.0 Å². The molecule has 2 fully saturated rings. The molecule has 0 atom stereocenters. The second kappa shape index (κ2) is 6.77. The minimum Gasteiger partial charge on any atom is -0.455 e. The lowest BCUT2D eigenvalue weighted by Crippen LogP contribution is -2.17. The number of carbonyl (C=O) groups excluding carboxylic acids is 2. The molecule has 126 valence electrons. The lowest BCUT2D eigenvalue weighted by Gasteiger charge is -2.15.